The lowest BCUT2D eigenvalue weighted by Gasteiger charge is -2.38. The summed E-state index contributed by atoms with van der Waals surface area (Å²) in [5.74, 6) is 1.46. The van der Waals surface area contributed by atoms with Gasteiger partial charge in [0.2, 0.25) is 10.0 Å². The largest absolute Gasteiger partial charge is 0.497 e. The lowest BCUT2D eigenvalue weighted by Crippen LogP contribution is -2.45. The molecule has 1 saturated heterocycles. The lowest BCUT2D eigenvalue weighted by atomic mass is 10.1. The van der Waals surface area contributed by atoms with E-state index in [2.05, 4.69) is 16.2 Å². The topological polar surface area (TPSA) is 62.7 Å². The number of ether oxygens (including phenoxy) is 1. The second-order valence-corrected chi connectivity index (χ2v) is 11.4. The number of aryl methyl sites for hydroxylation is 1. The summed E-state index contributed by atoms with van der Waals surface area (Å²) in [6, 6.07) is 18.6. The van der Waals surface area contributed by atoms with Crippen LogP contribution in [0.15, 0.2) is 76.7 Å². The SMILES string of the molecule is CCc1ccc(S(=O)(=O)N2CCC(N(Sc3ccccc3Cl)c3cc(OC)ccn3)CC2)cc1. The third-order valence-corrected chi connectivity index (χ3v) is 9.53. The Morgan fingerprint density at radius 2 is 1.82 bits per heavy atom. The summed E-state index contributed by atoms with van der Waals surface area (Å²) >= 11 is 7.96. The zero-order chi connectivity index (χ0) is 24.1. The third-order valence-electron chi connectivity index (χ3n) is 5.94. The number of pyridine rings is 1. The molecule has 0 saturated carbocycles. The van der Waals surface area contributed by atoms with Crippen molar-refractivity contribution < 1.29 is 13.2 Å². The Morgan fingerprint density at radius 1 is 1.12 bits per heavy atom. The van der Waals surface area contributed by atoms with Crippen LogP contribution in [0.2, 0.25) is 5.02 Å². The van der Waals surface area contributed by atoms with Gasteiger partial charge in [0.25, 0.3) is 0 Å². The molecule has 0 atom stereocenters. The maximum atomic E-state index is 13.2. The van der Waals surface area contributed by atoms with E-state index in [1.54, 1.807) is 35.8 Å². The lowest BCUT2D eigenvalue weighted by molar-refractivity contribution is 0.322. The predicted molar refractivity (Wildman–Crippen MR) is 138 cm³/mol. The van der Waals surface area contributed by atoms with Crippen molar-refractivity contribution in [2.45, 2.75) is 42.0 Å². The van der Waals surface area contributed by atoms with Crippen LogP contribution in [0.5, 0.6) is 5.75 Å². The van der Waals surface area contributed by atoms with Crippen LogP contribution in [0.4, 0.5) is 5.82 Å². The van der Waals surface area contributed by atoms with Crippen LogP contribution >= 0.6 is 23.5 Å². The molecular weight excluding hydrogens is 490 g/mol. The van der Waals surface area contributed by atoms with Gasteiger partial charge in [-0.1, -0.05) is 42.8 Å². The van der Waals surface area contributed by atoms with Crippen LogP contribution < -0.4 is 9.04 Å². The van der Waals surface area contributed by atoms with E-state index in [9.17, 15) is 8.42 Å². The molecule has 9 heteroatoms. The average Bonchev–Trinajstić information content (AvgIpc) is 2.88. The standard InChI is InChI=1S/C25H28ClN3O3S2/c1-3-19-8-10-22(11-9-19)34(30,31)28-16-13-20(14-17-28)29(25-18-21(32-2)12-15-27-25)33-24-7-5-4-6-23(24)26/h4-12,15,18,20H,3,13-14,16-17H2,1-2H3. The molecule has 1 aromatic heterocycles. The van der Waals surface area contributed by atoms with Crippen LogP contribution in [0.1, 0.15) is 25.3 Å². The molecule has 0 spiro atoms. The average molecular weight is 518 g/mol. The summed E-state index contributed by atoms with van der Waals surface area (Å²) in [7, 11) is -1.90. The van der Waals surface area contributed by atoms with Crippen molar-refractivity contribution in [3.05, 3.63) is 77.4 Å². The van der Waals surface area contributed by atoms with E-state index in [0.29, 0.717) is 41.6 Å². The normalized spacial score (nSPS) is 15.3. The maximum Gasteiger partial charge on any atom is 0.243 e. The highest BCUT2D eigenvalue weighted by Gasteiger charge is 2.33. The van der Waals surface area contributed by atoms with Gasteiger partial charge < -0.3 is 4.74 Å². The second kappa shape index (κ2) is 11.0. The van der Waals surface area contributed by atoms with Gasteiger partial charge >= 0.3 is 0 Å². The number of nitrogens with zero attached hydrogens (tertiary/aromatic N) is 3. The van der Waals surface area contributed by atoms with Gasteiger partial charge in [0, 0.05) is 36.3 Å². The molecule has 0 N–H and O–H groups in total. The Bertz CT molecular complexity index is 1210. The molecule has 0 aliphatic carbocycles. The van der Waals surface area contributed by atoms with Gasteiger partial charge in [-0.2, -0.15) is 4.31 Å². The van der Waals surface area contributed by atoms with Gasteiger partial charge in [-0.05, 0) is 67.1 Å². The van der Waals surface area contributed by atoms with Crippen molar-refractivity contribution in [1.82, 2.24) is 9.29 Å². The molecule has 1 aliphatic rings. The van der Waals surface area contributed by atoms with Crippen LogP contribution in [-0.4, -0.2) is 43.9 Å². The van der Waals surface area contributed by atoms with E-state index in [1.807, 2.05) is 42.5 Å². The van der Waals surface area contributed by atoms with Crippen LogP contribution in [0, 0.1) is 0 Å². The first-order valence-electron chi connectivity index (χ1n) is 11.2. The third kappa shape index (κ3) is 5.51. The van der Waals surface area contributed by atoms with Gasteiger partial charge in [0.1, 0.15) is 11.6 Å². The van der Waals surface area contributed by atoms with E-state index >= 15 is 0 Å². The Morgan fingerprint density at radius 3 is 2.47 bits per heavy atom. The molecule has 0 unspecified atom stereocenters. The zero-order valence-corrected chi connectivity index (χ0v) is 21.6. The first-order chi connectivity index (χ1) is 16.4. The zero-order valence-electron chi connectivity index (χ0n) is 19.2. The van der Waals surface area contributed by atoms with Gasteiger partial charge in [-0.3, -0.25) is 4.31 Å². The molecule has 6 nitrogen and oxygen atoms in total. The number of methoxy groups -OCH3 is 1. The summed E-state index contributed by atoms with van der Waals surface area (Å²) in [5, 5.41) is 0.663. The van der Waals surface area contributed by atoms with Gasteiger partial charge in [-0.15, -0.1) is 0 Å². The molecular formula is C25H28ClN3O3S2. The highest BCUT2D eigenvalue weighted by Crippen LogP contribution is 2.38. The summed E-state index contributed by atoms with van der Waals surface area (Å²) in [6.07, 6.45) is 3.93. The molecule has 1 fully saturated rings. The van der Waals surface area contributed by atoms with Crippen molar-refractivity contribution in [2.75, 3.05) is 24.5 Å². The maximum absolute atomic E-state index is 13.2. The quantitative estimate of drug-likeness (QED) is 0.358. The number of hydrogen-bond donors (Lipinski definition) is 0. The van der Waals surface area contributed by atoms with Crippen molar-refractivity contribution in [3.63, 3.8) is 0 Å². The first kappa shape index (κ1) is 24.9. The van der Waals surface area contributed by atoms with E-state index in [0.717, 1.165) is 22.7 Å². The number of rotatable bonds is 8. The second-order valence-electron chi connectivity index (χ2n) is 8.03. The molecule has 0 bridgehead atoms. The number of aromatic nitrogens is 1. The molecule has 34 heavy (non-hydrogen) atoms. The molecule has 180 valence electrons. The predicted octanol–water partition coefficient (Wildman–Crippen LogP) is 5.67. The highest BCUT2D eigenvalue weighted by atomic mass is 35.5. The number of sulfonamides is 1. The Kier molecular flexibility index (Phi) is 8.03. The van der Waals surface area contributed by atoms with E-state index < -0.39 is 10.0 Å². The summed E-state index contributed by atoms with van der Waals surface area (Å²) in [6.45, 7) is 2.93. The monoisotopic (exact) mass is 517 g/mol. The molecule has 4 rings (SSSR count). The fraction of sp³-hybridized carbons (Fsp3) is 0.320. The number of anilines is 1. The van der Waals surface area contributed by atoms with E-state index in [4.69, 9.17) is 16.3 Å². The molecule has 2 aromatic carbocycles. The van der Waals surface area contributed by atoms with Gasteiger partial charge in [0.15, 0.2) is 0 Å². The van der Waals surface area contributed by atoms with Crippen LogP contribution in [0.25, 0.3) is 0 Å². The summed E-state index contributed by atoms with van der Waals surface area (Å²) in [5.41, 5.74) is 1.12. The smallest absolute Gasteiger partial charge is 0.243 e. The Balaban J connectivity index is 1.54. The molecule has 1 aliphatic heterocycles. The number of benzene rings is 2. The van der Waals surface area contributed by atoms with Crippen molar-refractivity contribution in [1.29, 1.82) is 0 Å². The molecule has 0 amide bonds. The number of hydrogen-bond acceptors (Lipinski definition) is 6. The Hall–Kier alpha value is -2.26. The van der Waals surface area contributed by atoms with Crippen LogP contribution in [-0.2, 0) is 16.4 Å². The van der Waals surface area contributed by atoms with Crippen LogP contribution in [0.3, 0.4) is 0 Å². The fourth-order valence-electron chi connectivity index (χ4n) is 3.94. The van der Waals surface area contributed by atoms with Crippen molar-refractivity contribution >= 4 is 39.4 Å². The Labute approximate surface area is 211 Å². The molecule has 3 aromatic rings. The highest BCUT2D eigenvalue weighted by molar-refractivity contribution is 8.00. The minimum Gasteiger partial charge on any atom is -0.497 e. The minimum absolute atomic E-state index is 0.0785. The molecule has 2 heterocycles. The van der Waals surface area contributed by atoms with Crippen molar-refractivity contribution in [2.24, 2.45) is 0 Å². The van der Waals surface area contributed by atoms with Gasteiger partial charge in [0.05, 0.1) is 17.0 Å². The fourth-order valence-corrected chi connectivity index (χ4v) is 6.71. The first-order valence-corrected chi connectivity index (χ1v) is 13.8. The summed E-state index contributed by atoms with van der Waals surface area (Å²) in [4.78, 5) is 5.83. The molecule has 0 radical (unpaired) electrons. The summed E-state index contributed by atoms with van der Waals surface area (Å²) < 4.78 is 35.5. The van der Waals surface area contributed by atoms with E-state index in [1.165, 1.54) is 11.9 Å². The minimum atomic E-state index is -3.53. The van der Waals surface area contributed by atoms with Crippen molar-refractivity contribution in [3.8, 4) is 5.75 Å². The number of halogens is 1. The number of piperidine rings is 1. The van der Waals surface area contributed by atoms with Gasteiger partial charge in [-0.25, -0.2) is 13.4 Å². The van der Waals surface area contributed by atoms with E-state index in [-0.39, 0.29) is 6.04 Å².